The number of nitrogens with one attached hydrogen (secondary N) is 1. The second kappa shape index (κ2) is 5.84. The molecule has 1 N–H and O–H groups in total. The van der Waals surface area contributed by atoms with Crippen molar-refractivity contribution in [1.29, 1.82) is 0 Å². The number of nitrogens with zero attached hydrogens (tertiary/aromatic N) is 1. The van der Waals surface area contributed by atoms with E-state index in [1.54, 1.807) is 24.3 Å². The summed E-state index contributed by atoms with van der Waals surface area (Å²) in [4.78, 5) is 25.8. The van der Waals surface area contributed by atoms with Crippen LogP contribution in [0.2, 0.25) is 0 Å². The Balaban J connectivity index is 2.14. The number of ether oxygens (including phenoxy) is 1. The van der Waals surface area contributed by atoms with E-state index in [4.69, 9.17) is 4.74 Å². The number of carbonyl (C=O) groups excluding carboxylic acids is 2. The highest BCUT2D eigenvalue weighted by molar-refractivity contribution is 6.02. The van der Waals surface area contributed by atoms with Gasteiger partial charge in [0.15, 0.2) is 0 Å². The summed E-state index contributed by atoms with van der Waals surface area (Å²) >= 11 is 0. The molecule has 1 heterocycles. The molecule has 0 saturated carbocycles. The lowest BCUT2D eigenvalue weighted by molar-refractivity contribution is -0.119. The number of benzene rings is 1. The minimum atomic E-state index is -0.448. The zero-order valence-corrected chi connectivity index (χ0v) is 11.2. The molecule has 0 aliphatic carbocycles. The highest BCUT2D eigenvalue weighted by Gasteiger charge is 2.28. The predicted molar refractivity (Wildman–Crippen MR) is 72.1 cm³/mol. The summed E-state index contributed by atoms with van der Waals surface area (Å²) in [7, 11) is 3.26. The van der Waals surface area contributed by atoms with Gasteiger partial charge in [-0.15, -0.1) is 0 Å². The Hall–Kier alpha value is -1.88. The van der Waals surface area contributed by atoms with Crippen molar-refractivity contribution in [3.05, 3.63) is 29.8 Å². The number of carbonyl (C=O) groups is 2. The Morgan fingerprint density at radius 1 is 1.37 bits per heavy atom. The summed E-state index contributed by atoms with van der Waals surface area (Å²) < 4.78 is 4.70. The third-order valence-electron chi connectivity index (χ3n) is 3.41. The molecular formula is C14H18N2O3. The predicted octanol–water partition coefficient (Wildman–Crippen LogP) is 1.51. The SMILES string of the molecule is COC(=O)c1ccccc1NC(=O)C1CCCN1C. The third kappa shape index (κ3) is 2.93. The molecule has 102 valence electrons. The van der Waals surface area contributed by atoms with Gasteiger partial charge in [-0.05, 0) is 38.6 Å². The van der Waals surface area contributed by atoms with Crippen LogP contribution in [0.15, 0.2) is 24.3 Å². The Labute approximate surface area is 112 Å². The van der Waals surface area contributed by atoms with Gasteiger partial charge < -0.3 is 10.1 Å². The molecule has 1 amide bonds. The van der Waals surface area contributed by atoms with E-state index in [1.165, 1.54) is 7.11 Å². The van der Waals surface area contributed by atoms with E-state index in [0.717, 1.165) is 19.4 Å². The van der Waals surface area contributed by atoms with E-state index >= 15 is 0 Å². The lowest BCUT2D eigenvalue weighted by Crippen LogP contribution is -2.37. The van der Waals surface area contributed by atoms with Crippen LogP contribution < -0.4 is 5.32 Å². The number of esters is 1. The Morgan fingerprint density at radius 3 is 2.74 bits per heavy atom. The van der Waals surface area contributed by atoms with E-state index in [-0.39, 0.29) is 11.9 Å². The summed E-state index contributed by atoms with van der Waals surface area (Å²) in [6, 6.07) is 6.74. The molecule has 1 aliphatic heterocycles. The maximum absolute atomic E-state index is 12.2. The number of anilines is 1. The van der Waals surface area contributed by atoms with E-state index in [2.05, 4.69) is 5.32 Å². The van der Waals surface area contributed by atoms with Crippen molar-refractivity contribution in [2.24, 2.45) is 0 Å². The molecule has 1 fully saturated rings. The van der Waals surface area contributed by atoms with Crippen LogP contribution in [0.1, 0.15) is 23.2 Å². The number of likely N-dealkylation sites (tertiary alicyclic amines) is 1. The van der Waals surface area contributed by atoms with Crippen LogP contribution in [0.5, 0.6) is 0 Å². The van der Waals surface area contributed by atoms with Crippen molar-refractivity contribution >= 4 is 17.6 Å². The molecule has 0 radical (unpaired) electrons. The summed E-state index contributed by atoms with van der Waals surface area (Å²) in [6.07, 6.45) is 1.87. The van der Waals surface area contributed by atoms with Gasteiger partial charge in [-0.25, -0.2) is 4.79 Å². The average Bonchev–Trinajstić information content (AvgIpc) is 2.85. The van der Waals surface area contributed by atoms with Crippen molar-refractivity contribution < 1.29 is 14.3 Å². The second-order valence-corrected chi connectivity index (χ2v) is 4.67. The van der Waals surface area contributed by atoms with Crippen LogP contribution in [0.3, 0.4) is 0 Å². The lowest BCUT2D eigenvalue weighted by Gasteiger charge is -2.19. The van der Waals surface area contributed by atoms with Crippen LogP contribution in [-0.2, 0) is 9.53 Å². The van der Waals surface area contributed by atoms with Gasteiger partial charge in [0.1, 0.15) is 0 Å². The zero-order valence-electron chi connectivity index (χ0n) is 11.2. The number of amides is 1. The smallest absolute Gasteiger partial charge is 0.339 e. The van der Waals surface area contributed by atoms with E-state index in [0.29, 0.717) is 11.3 Å². The number of hydrogen-bond donors (Lipinski definition) is 1. The van der Waals surface area contributed by atoms with Crippen molar-refractivity contribution in [3.8, 4) is 0 Å². The Bertz CT molecular complexity index is 487. The molecular weight excluding hydrogens is 244 g/mol. The Morgan fingerprint density at radius 2 is 2.11 bits per heavy atom. The molecule has 1 atom stereocenters. The van der Waals surface area contributed by atoms with Gasteiger partial charge in [0, 0.05) is 0 Å². The van der Waals surface area contributed by atoms with Gasteiger partial charge in [0.05, 0.1) is 24.4 Å². The first-order valence-corrected chi connectivity index (χ1v) is 6.32. The first kappa shape index (κ1) is 13.5. The van der Waals surface area contributed by atoms with Crippen LogP contribution in [0, 0.1) is 0 Å². The fraction of sp³-hybridized carbons (Fsp3) is 0.429. The molecule has 5 heteroatoms. The quantitative estimate of drug-likeness (QED) is 0.839. The van der Waals surface area contributed by atoms with Gasteiger partial charge in [-0.2, -0.15) is 0 Å². The number of para-hydroxylation sites is 1. The molecule has 0 bridgehead atoms. The summed E-state index contributed by atoms with van der Waals surface area (Å²) in [6.45, 7) is 0.927. The van der Waals surface area contributed by atoms with Gasteiger partial charge in [-0.1, -0.05) is 12.1 Å². The van der Waals surface area contributed by atoms with Crippen molar-refractivity contribution in [2.45, 2.75) is 18.9 Å². The highest BCUT2D eigenvalue weighted by atomic mass is 16.5. The number of likely N-dealkylation sites (N-methyl/N-ethyl adjacent to an activating group) is 1. The fourth-order valence-electron chi connectivity index (χ4n) is 2.34. The van der Waals surface area contributed by atoms with Crippen LogP contribution in [0.4, 0.5) is 5.69 Å². The minimum absolute atomic E-state index is 0.0728. The van der Waals surface area contributed by atoms with Crippen molar-refractivity contribution in [3.63, 3.8) is 0 Å². The second-order valence-electron chi connectivity index (χ2n) is 4.67. The standard InChI is InChI=1S/C14H18N2O3/c1-16-9-5-8-12(16)13(17)15-11-7-4-3-6-10(11)14(18)19-2/h3-4,6-7,12H,5,8-9H2,1-2H3,(H,15,17). The molecule has 1 unspecified atom stereocenters. The van der Waals surface area contributed by atoms with Gasteiger partial charge in [0.2, 0.25) is 5.91 Å². The summed E-state index contributed by atoms with van der Waals surface area (Å²) in [5, 5.41) is 2.82. The fourth-order valence-corrected chi connectivity index (χ4v) is 2.34. The monoisotopic (exact) mass is 262 g/mol. The highest BCUT2D eigenvalue weighted by Crippen LogP contribution is 2.20. The maximum atomic E-state index is 12.2. The van der Waals surface area contributed by atoms with E-state index in [1.807, 2.05) is 11.9 Å². The van der Waals surface area contributed by atoms with E-state index < -0.39 is 5.97 Å². The molecule has 1 saturated heterocycles. The summed E-state index contributed by atoms with van der Waals surface area (Å²) in [5.74, 6) is -0.521. The molecule has 0 spiro atoms. The largest absolute Gasteiger partial charge is 0.465 e. The van der Waals surface area contributed by atoms with Crippen molar-refractivity contribution in [2.75, 3.05) is 26.0 Å². The first-order chi connectivity index (χ1) is 9.13. The Kier molecular flexibility index (Phi) is 4.16. The van der Waals surface area contributed by atoms with Gasteiger partial charge in [-0.3, -0.25) is 9.69 Å². The molecule has 5 nitrogen and oxygen atoms in total. The number of rotatable bonds is 3. The van der Waals surface area contributed by atoms with Gasteiger partial charge in [0.25, 0.3) is 0 Å². The van der Waals surface area contributed by atoms with Crippen LogP contribution in [0.25, 0.3) is 0 Å². The summed E-state index contributed by atoms with van der Waals surface area (Å²) in [5.41, 5.74) is 0.874. The molecule has 1 aromatic carbocycles. The normalized spacial score (nSPS) is 19.2. The number of hydrogen-bond acceptors (Lipinski definition) is 4. The average molecular weight is 262 g/mol. The molecule has 1 aliphatic rings. The van der Waals surface area contributed by atoms with E-state index in [9.17, 15) is 9.59 Å². The maximum Gasteiger partial charge on any atom is 0.339 e. The number of methoxy groups -OCH3 is 1. The van der Waals surface area contributed by atoms with Crippen molar-refractivity contribution in [1.82, 2.24) is 4.90 Å². The first-order valence-electron chi connectivity index (χ1n) is 6.32. The van der Waals surface area contributed by atoms with Crippen LogP contribution >= 0.6 is 0 Å². The van der Waals surface area contributed by atoms with Gasteiger partial charge >= 0.3 is 5.97 Å². The topological polar surface area (TPSA) is 58.6 Å². The lowest BCUT2D eigenvalue weighted by atomic mass is 10.1. The molecule has 2 rings (SSSR count). The molecule has 19 heavy (non-hydrogen) atoms. The zero-order chi connectivity index (χ0) is 13.8. The molecule has 0 aromatic heterocycles. The third-order valence-corrected chi connectivity index (χ3v) is 3.41. The van der Waals surface area contributed by atoms with Crippen LogP contribution in [-0.4, -0.2) is 43.5 Å². The minimum Gasteiger partial charge on any atom is -0.465 e. The molecule has 1 aromatic rings.